The molecule has 0 fully saturated rings. The molecular weight excluding hydrogens is 354 g/mol. The van der Waals surface area contributed by atoms with E-state index in [1.807, 2.05) is 54.6 Å². The molecule has 3 N–H and O–H groups in total. The fraction of sp³-hybridized carbons (Fsp3) is 0.0952. The van der Waals surface area contributed by atoms with E-state index < -0.39 is 17.9 Å². The Kier molecular flexibility index (Phi) is 4.63. The van der Waals surface area contributed by atoms with Gasteiger partial charge in [-0.3, -0.25) is 14.6 Å². The first kappa shape index (κ1) is 17.5. The van der Waals surface area contributed by atoms with Gasteiger partial charge < -0.3 is 11.1 Å². The quantitative estimate of drug-likeness (QED) is 0.557. The zero-order valence-electron chi connectivity index (χ0n) is 14.9. The molecule has 138 valence electrons. The highest BCUT2D eigenvalue weighted by molar-refractivity contribution is 5.97. The number of carbonyl (C=O) groups is 2. The van der Waals surface area contributed by atoms with Gasteiger partial charge in [-0.25, -0.2) is 9.97 Å². The van der Waals surface area contributed by atoms with Gasteiger partial charge in [0.15, 0.2) is 0 Å². The molecule has 2 aromatic heterocycles. The van der Waals surface area contributed by atoms with Gasteiger partial charge in [0.05, 0.1) is 22.2 Å². The maximum absolute atomic E-state index is 12.6. The Bertz CT molecular complexity index is 1190. The van der Waals surface area contributed by atoms with Gasteiger partial charge in [-0.2, -0.15) is 0 Å². The monoisotopic (exact) mass is 371 g/mol. The van der Waals surface area contributed by atoms with Crippen LogP contribution in [-0.4, -0.2) is 32.8 Å². The summed E-state index contributed by atoms with van der Waals surface area (Å²) in [5, 5.41) is 3.58. The number of amides is 2. The van der Waals surface area contributed by atoms with E-state index >= 15 is 0 Å². The Balaban J connectivity index is 1.55. The van der Waals surface area contributed by atoms with Crippen molar-refractivity contribution in [2.45, 2.75) is 12.5 Å². The van der Waals surface area contributed by atoms with Crippen molar-refractivity contribution in [2.24, 2.45) is 5.73 Å². The lowest BCUT2D eigenvalue weighted by atomic mass is 10.1. The molecule has 0 unspecified atom stereocenters. The average Bonchev–Trinajstić information content (AvgIpc) is 2.72. The number of primary amides is 1. The lowest BCUT2D eigenvalue weighted by Crippen LogP contribution is -2.46. The van der Waals surface area contributed by atoms with Gasteiger partial charge in [-0.15, -0.1) is 0 Å². The summed E-state index contributed by atoms with van der Waals surface area (Å²) < 4.78 is 0. The van der Waals surface area contributed by atoms with Crippen molar-refractivity contribution in [1.82, 2.24) is 20.3 Å². The molecule has 28 heavy (non-hydrogen) atoms. The van der Waals surface area contributed by atoms with Crippen LogP contribution in [0.15, 0.2) is 66.9 Å². The van der Waals surface area contributed by atoms with E-state index in [0.717, 1.165) is 10.9 Å². The standard InChI is InChI=1S/C21H17N5O2/c22-20(27)19(11-14-12-23-16-7-3-4-8-17(16)24-14)26-21(28)18-10-9-13-5-1-2-6-15(13)25-18/h1-10,12,19H,11H2,(H2,22,27)(H,26,28)/t19-/m1/s1. The van der Waals surface area contributed by atoms with E-state index in [-0.39, 0.29) is 12.1 Å². The fourth-order valence-electron chi connectivity index (χ4n) is 2.95. The second-order valence-electron chi connectivity index (χ2n) is 6.37. The lowest BCUT2D eigenvalue weighted by molar-refractivity contribution is -0.119. The van der Waals surface area contributed by atoms with Gasteiger partial charge in [0.2, 0.25) is 5.91 Å². The van der Waals surface area contributed by atoms with Crippen molar-refractivity contribution < 1.29 is 9.59 Å². The van der Waals surface area contributed by atoms with E-state index in [1.165, 1.54) is 0 Å². The van der Waals surface area contributed by atoms with E-state index in [9.17, 15) is 9.59 Å². The number of rotatable bonds is 5. The van der Waals surface area contributed by atoms with Crippen LogP contribution < -0.4 is 11.1 Å². The van der Waals surface area contributed by atoms with Gasteiger partial charge in [-0.05, 0) is 24.3 Å². The van der Waals surface area contributed by atoms with Crippen molar-refractivity contribution in [3.8, 4) is 0 Å². The first-order valence-corrected chi connectivity index (χ1v) is 8.77. The normalized spacial score (nSPS) is 12.0. The van der Waals surface area contributed by atoms with Crippen LogP contribution >= 0.6 is 0 Å². The summed E-state index contributed by atoms with van der Waals surface area (Å²) in [6.45, 7) is 0. The molecule has 1 atom stereocenters. The number of nitrogens with one attached hydrogen (secondary N) is 1. The summed E-state index contributed by atoms with van der Waals surface area (Å²) in [5.41, 5.74) is 8.44. The van der Waals surface area contributed by atoms with Crippen LogP contribution in [0.1, 0.15) is 16.2 Å². The Morgan fingerprint density at radius 2 is 1.61 bits per heavy atom. The van der Waals surface area contributed by atoms with E-state index in [2.05, 4.69) is 20.3 Å². The van der Waals surface area contributed by atoms with E-state index in [1.54, 1.807) is 12.3 Å². The SMILES string of the molecule is NC(=O)[C@@H](Cc1cnc2ccccc2n1)NC(=O)c1ccc2ccccc2n1. The van der Waals surface area contributed by atoms with Crippen LogP contribution in [0.4, 0.5) is 0 Å². The van der Waals surface area contributed by atoms with Crippen molar-refractivity contribution in [3.05, 3.63) is 78.2 Å². The molecule has 7 heteroatoms. The molecule has 2 aromatic carbocycles. The number of hydrogen-bond donors (Lipinski definition) is 2. The third-order valence-corrected chi connectivity index (χ3v) is 4.39. The minimum atomic E-state index is -0.920. The van der Waals surface area contributed by atoms with Crippen molar-refractivity contribution >= 4 is 33.8 Å². The second kappa shape index (κ2) is 7.40. The number of pyridine rings is 1. The Morgan fingerprint density at radius 1 is 0.893 bits per heavy atom. The smallest absolute Gasteiger partial charge is 0.270 e. The largest absolute Gasteiger partial charge is 0.368 e. The molecule has 0 saturated carbocycles. The summed E-state index contributed by atoms with van der Waals surface area (Å²) in [7, 11) is 0. The topological polar surface area (TPSA) is 111 Å². The summed E-state index contributed by atoms with van der Waals surface area (Å²) in [6.07, 6.45) is 1.73. The maximum atomic E-state index is 12.6. The van der Waals surface area contributed by atoms with Gasteiger partial charge in [0, 0.05) is 18.0 Å². The van der Waals surface area contributed by atoms with Crippen LogP contribution in [0.5, 0.6) is 0 Å². The first-order valence-electron chi connectivity index (χ1n) is 8.77. The van der Waals surface area contributed by atoms with Gasteiger partial charge in [0.1, 0.15) is 11.7 Å². The minimum absolute atomic E-state index is 0.145. The Morgan fingerprint density at radius 3 is 2.39 bits per heavy atom. The highest BCUT2D eigenvalue weighted by Crippen LogP contribution is 2.13. The number of para-hydroxylation sites is 3. The van der Waals surface area contributed by atoms with Crippen molar-refractivity contribution in [3.63, 3.8) is 0 Å². The molecule has 0 bridgehead atoms. The minimum Gasteiger partial charge on any atom is -0.368 e. The molecule has 7 nitrogen and oxygen atoms in total. The molecule has 0 aliphatic heterocycles. The molecule has 0 radical (unpaired) electrons. The predicted octanol–water partition coefficient (Wildman–Crippen LogP) is 2.00. The maximum Gasteiger partial charge on any atom is 0.270 e. The number of hydrogen-bond acceptors (Lipinski definition) is 5. The van der Waals surface area contributed by atoms with Gasteiger partial charge in [0.25, 0.3) is 5.91 Å². The zero-order valence-corrected chi connectivity index (χ0v) is 14.9. The van der Waals surface area contributed by atoms with E-state index in [0.29, 0.717) is 16.7 Å². The van der Waals surface area contributed by atoms with Crippen LogP contribution in [0.2, 0.25) is 0 Å². The number of fused-ring (bicyclic) bond motifs is 2. The first-order chi connectivity index (χ1) is 13.6. The van der Waals surface area contributed by atoms with Crippen molar-refractivity contribution in [2.75, 3.05) is 0 Å². The highest BCUT2D eigenvalue weighted by atomic mass is 16.2. The zero-order chi connectivity index (χ0) is 19.5. The van der Waals surface area contributed by atoms with Crippen LogP contribution in [0.3, 0.4) is 0 Å². The van der Waals surface area contributed by atoms with Crippen molar-refractivity contribution in [1.29, 1.82) is 0 Å². The summed E-state index contributed by atoms with van der Waals surface area (Å²) in [4.78, 5) is 37.6. The molecular formula is C21H17N5O2. The van der Waals surface area contributed by atoms with Crippen LogP contribution in [0.25, 0.3) is 21.9 Å². The third-order valence-electron chi connectivity index (χ3n) is 4.39. The molecule has 4 rings (SSSR count). The number of nitrogens with two attached hydrogens (primary N) is 1. The summed E-state index contributed by atoms with van der Waals surface area (Å²) >= 11 is 0. The van der Waals surface area contributed by atoms with Gasteiger partial charge >= 0.3 is 0 Å². The third kappa shape index (κ3) is 3.64. The van der Waals surface area contributed by atoms with E-state index in [4.69, 9.17) is 5.73 Å². The number of aromatic nitrogens is 3. The number of carbonyl (C=O) groups excluding carboxylic acids is 2. The number of nitrogens with zero attached hydrogens (tertiary/aromatic N) is 3. The molecule has 4 aromatic rings. The van der Waals surface area contributed by atoms with Crippen LogP contribution in [0, 0.1) is 0 Å². The highest BCUT2D eigenvalue weighted by Gasteiger charge is 2.21. The summed E-state index contributed by atoms with van der Waals surface area (Å²) in [5.74, 6) is -1.12. The predicted molar refractivity (Wildman–Crippen MR) is 105 cm³/mol. The molecule has 0 aliphatic rings. The number of benzene rings is 2. The molecule has 2 amide bonds. The van der Waals surface area contributed by atoms with Crippen LogP contribution in [-0.2, 0) is 11.2 Å². The lowest BCUT2D eigenvalue weighted by Gasteiger charge is -2.15. The Hall–Kier alpha value is -3.87. The average molecular weight is 371 g/mol. The molecule has 0 aliphatic carbocycles. The Labute approximate surface area is 160 Å². The fourth-order valence-corrected chi connectivity index (χ4v) is 2.95. The van der Waals surface area contributed by atoms with Gasteiger partial charge in [-0.1, -0.05) is 36.4 Å². The summed E-state index contributed by atoms with van der Waals surface area (Å²) in [6, 6.07) is 17.4. The molecule has 2 heterocycles. The molecule has 0 spiro atoms. The second-order valence-corrected chi connectivity index (χ2v) is 6.37. The molecule has 0 saturated heterocycles.